The van der Waals surface area contributed by atoms with Crippen molar-refractivity contribution in [2.24, 2.45) is 0 Å². The van der Waals surface area contributed by atoms with Gasteiger partial charge in [-0.3, -0.25) is 9.78 Å². The molecule has 11 heteroatoms. The van der Waals surface area contributed by atoms with Gasteiger partial charge in [0.1, 0.15) is 4.90 Å². The van der Waals surface area contributed by atoms with Gasteiger partial charge < -0.3 is 15.3 Å². The van der Waals surface area contributed by atoms with E-state index in [-0.39, 0.29) is 22.9 Å². The van der Waals surface area contributed by atoms with Crippen molar-refractivity contribution in [3.8, 4) is 0 Å². The number of nitrogens with one attached hydrogen (secondary N) is 1. The van der Waals surface area contributed by atoms with Crippen LogP contribution >= 0.6 is 11.6 Å². The zero-order valence-electron chi connectivity index (χ0n) is 19.5. The van der Waals surface area contributed by atoms with Gasteiger partial charge in [0.05, 0.1) is 22.9 Å². The summed E-state index contributed by atoms with van der Waals surface area (Å²) in [5.74, 6) is 0.250. The topological polar surface area (TPSA) is 125 Å². The lowest BCUT2D eigenvalue weighted by Gasteiger charge is -2.32. The van der Waals surface area contributed by atoms with Crippen LogP contribution in [0.2, 0.25) is 5.02 Å². The summed E-state index contributed by atoms with van der Waals surface area (Å²) in [5, 5.41) is 12.8. The lowest BCUT2D eigenvalue weighted by Crippen LogP contribution is -2.35. The van der Waals surface area contributed by atoms with Crippen LogP contribution in [0.15, 0.2) is 47.5 Å². The Morgan fingerprint density at radius 3 is 2.53 bits per heavy atom. The Kier molecular flexibility index (Phi) is 6.81. The molecule has 9 nitrogen and oxygen atoms in total. The lowest BCUT2D eigenvalue weighted by molar-refractivity contribution is -0.136. The third-order valence-corrected chi connectivity index (χ3v) is 8.68. The average molecular weight is 528 g/mol. The molecule has 2 aromatic heterocycles. The number of aryl methyl sites for hydroxylation is 1. The minimum atomic E-state index is -3.52. The molecular weight excluding hydrogens is 502 g/mol. The second-order valence-electron chi connectivity index (χ2n) is 9.13. The Bertz CT molecular complexity index is 1370. The van der Waals surface area contributed by atoms with Crippen LogP contribution in [-0.4, -0.2) is 53.3 Å². The van der Waals surface area contributed by atoms with Gasteiger partial charge in [-0.1, -0.05) is 23.7 Å². The van der Waals surface area contributed by atoms with E-state index in [0.717, 1.165) is 31.6 Å². The molecule has 0 unspecified atom stereocenters. The zero-order chi connectivity index (χ0) is 25.3. The lowest BCUT2D eigenvalue weighted by atomic mass is 9.93. The highest BCUT2D eigenvalue weighted by Crippen LogP contribution is 2.35. The first-order valence-corrected chi connectivity index (χ1v) is 13.9. The second-order valence-corrected chi connectivity index (χ2v) is 11.6. The zero-order valence-corrected chi connectivity index (χ0v) is 21.1. The number of anilines is 3. The summed E-state index contributed by atoms with van der Waals surface area (Å²) in [6.45, 7) is 1.45. The van der Waals surface area contributed by atoms with E-state index in [0.29, 0.717) is 46.7 Å². The van der Waals surface area contributed by atoms with Gasteiger partial charge in [-0.2, -0.15) is 4.98 Å². The Morgan fingerprint density at radius 1 is 1.11 bits per heavy atom. The molecule has 188 valence electrons. The summed E-state index contributed by atoms with van der Waals surface area (Å²) in [6, 6.07) is 10.7. The maximum atomic E-state index is 13.0. The van der Waals surface area contributed by atoms with E-state index in [4.69, 9.17) is 16.7 Å². The molecule has 1 fully saturated rings. The molecule has 0 radical (unpaired) electrons. The van der Waals surface area contributed by atoms with Gasteiger partial charge in [0, 0.05) is 36.6 Å². The predicted molar refractivity (Wildman–Crippen MR) is 137 cm³/mol. The second kappa shape index (κ2) is 10.0. The van der Waals surface area contributed by atoms with Crippen LogP contribution in [0.5, 0.6) is 0 Å². The molecule has 5 rings (SSSR count). The predicted octanol–water partition coefficient (Wildman–Crippen LogP) is 4.00. The van der Waals surface area contributed by atoms with Crippen molar-refractivity contribution >= 4 is 44.9 Å². The number of sulfone groups is 1. The van der Waals surface area contributed by atoms with Crippen molar-refractivity contribution in [2.45, 2.75) is 42.9 Å². The molecule has 0 bridgehead atoms. The number of carboxylic acids is 1. The van der Waals surface area contributed by atoms with E-state index in [2.05, 4.69) is 25.2 Å². The third-order valence-electron chi connectivity index (χ3n) is 6.58. The summed E-state index contributed by atoms with van der Waals surface area (Å²) in [4.78, 5) is 27.0. The van der Waals surface area contributed by atoms with Crippen LogP contribution in [0.4, 0.5) is 17.5 Å². The van der Waals surface area contributed by atoms with Gasteiger partial charge in [0.15, 0.2) is 15.7 Å². The summed E-state index contributed by atoms with van der Waals surface area (Å²) in [5.41, 5.74) is 2.84. The first-order valence-electron chi connectivity index (χ1n) is 11.9. The highest BCUT2D eigenvalue weighted by molar-refractivity contribution is 7.91. The van der Waals surface area contributed by atoms with Crippen LogP contribution in [0, 0.1) is 0 Å². The number of nitrogens with zero attached hydrogens (tertiary/aromatic N) is 4. The van der Waals surface area contributed by atoms with Crippen LogP contribution < -0.4 is 10.2 Å². The van der Waals surface area contributed by atoms with Crippen molar-refractivity contribution in [1.82, 2.24) is 15.0 Å². The Hall–Kier alpha value is -3.24. The molecular formula is C25H26ClN5O4S. The Balaban J connectivity index is 1.41. The number of carbonyl (C=O) groups is 1. The number of aromatic nitrogens is 3. The van der Waals surface area contributed by atoms with Gasteiger partial charge in [0.2, 0.25) is 5.95 Å². The van der Waals surface area contributed by atoms with Crippen molar-refractivity contribution < 1.29 is 18.3 Å². The number of halogens is 1. The smallest absolute Gasteiger partial charge is 0.307 e. The fourth-order valence-corrected chi connectivity index (χ4v) is 6.50. The van der Waals surface area contributed by atoms with E-state index < -0.39 is 15.8 Å². The fraction of sp³-hybridized carbons (Fsp3) is 0.360. The number of rotatable bonds is 6. The first-order chi connectivity index (χ1) is 17.3. The van der Waals surface area contributed by atoms with Gasteiger partial charge in [-0.25, -0.2) is 13.4 Å². The number of piperidine rings is 1. The van der Waals surface area contributed by atoms with Crippen molar-refractivity contribution in [3.05, 3.63) is 64.6 Å². The number of pyridine rings is 1. The molecule has 3 aromatic rings. The molecule has 2 aliphatic heterocycles. The highest BCUT2D eigenvalue weighted by atomic mass is 35.5. The van der Waals surface area contributed by atoms with E-state index in [1.165, 1.54) is 0 Å². The normalized spacial score (nSPS) is 17.4. The van der Waals surface area contributed by atoms with Crippen LogP contribution in [-0.2, 0) is 27.5 Å². The molecule has 1 saturated heterocycles. The minimum Gasteiger partial charge on any atom is -0.481 e. The third kappa shape index (κ3) is 5.29. The molecule has 0 saturated carbocycles. The number of hydrogen-bond donors (Lipinski definition) is 2. The number of carboxylic acid groups (broad SMARTS) is 1. The first kappa shape index (κ1) is 24.5. The maximum Gasteiger partial charge on any atom is 0.307 e. The number of fused-ring (bicyclic) bond motifs is 1. The summed E-state index contributed by atoms with van der Waals surface area (Å²) in [7, 11) is -3.52. The van der Waals surface area contributed by atoms with Crippen molar-refractivity contribution in [1.29, 1.82) is 0 Å². The van der Waals surface area contributed by atoms with E-state index >= 15 is 0 Å². The Morgan fingerprint density at radius 2 is 1.86 bits per heavy atom. The van der Waals surface area contributed by atoms with Crippen molar-refractivity contribution in [2.75, 3.05) is 29.1 Å². The summed E-state index contributed by atoms with van der Waals surface area (Å²) in [6.07, 6.45) is 4.44. The maximum absolute atomic E-state index is 13.0. The highest BCUT2D eigenvalue weighted by Gasteiger charge is 2.32. The molecule has 0 atom stereocenters. The van der Waals surface area contributed by atoms with Crippen LogP contribution in [0.1, 0.15) is 42.1 Å². The quantitative estimate of drug-likeness (QED) is 0.489. The monoisotopic (exact) mass is 527 g/mol. The molecule has 4 heterocycles. The standard InChI is InChI=1S/C25H26ClN5O4S/c26-18-5-8-20(27-15-18)17-9-11-31(12-10-17)25-29-21-2-1-13-36(34,35)23(21)24(30-25)28-19-6-3-16(4-7-19)14-22(32)33/h3-8,15,17H,1-2,9-14H2,(H,32,33)(H,28,29,30). The van der Waals surface area contributed by atoms with Gasteiger partial charge in [-0.15, -0.1) is 0 Å². The Labute approximate surface area is 214 Å². The number of hydrogen-bond acceptors (Lipinski definition) is 8. The van der Waals surface area contributed by atoms with Crippen LogP contribution in [0.3, 0.4) is 0 Å². The van der Waals surface area contributed by atoms with Crippen molar-refractivity contribution in [3.63, 3.8) is 0 Å². The largest absolute Gasteiger partial charge is 0.481 e. The molecule has 0 spiro atoms. The molecule has 0 amide bonds. The van der Waals surface area contributed by atoms with Gasteiger partial charge in [0.25, 0.3) is 0 Å². The summed E-state index contributed by atoms with van der Waals surface area (Å²) >= 11 is 5.97. The SMILES string of the molecule is O=C(O)Cc1ccc(Nc2nc(N3CCC(c4ccc(Cl)cn4)CC3)nc3c2S(=O)(=O)CCC3)cc1. The molecule has 1 aromatic carbocycles. The fourth-order valence-electron chi connectivity index (χ4n) is 4.76. The van der Waals surface area contributed by atoms with E-state index in [1.807, 2.05) is 12.1 Å². The number of aliphatic carboxylic acids is 1. The van der Waals surface area contributed by atoms with Gasteiger partial charge >= 0.3 is 5.97 Å². The molecule has 36 heavy (non-hydrogen) atoms. The molecule has 2 aliphatic rings. The van der Waals surface area contributed by atoms with E-state index in [1.54, 1.807) is 30.5 Å². The van der Waals surface area contributed by atoms with Crippen LogP contribution in [0.25, 0.3) is 0 Å². The molecule has 2 N–H and O–H groups in total. The number of benzene rings is 1. The summed E-state index contributed by atoms with van der Waals surface area (Å²) < 4.78 is 25.9. The molecule has 0 aliphatic carbocycles. The minimum absolute atomic E-state index is 0.0639. The van der Waals surface area contributed by atoms with E-state index in [9.17, 15) is 13.2 Å². The average Bonchev–Trinajstić information content (AvgIpc) is 2.85. The van der Waals surface area contributed by atoms with Gasteiger partial charge in [-0.05, 0) is 55.5 Å².